The van der Waals surface area contributed by atoms with E-state index in [-0.39, 0.29) is 35.8 Å². The van der Waals surface area contributed by atoms with Gasteiger partial charge in [0.2, 0.25) is 11.8 Å². The second-order valence-electron chi connectivity index (χ2n) is 4.67. The highest BCUT2D eigenvalue weighted by atomic mass is 32.2. The molecule has 2 unspecified atom stereocenters. The molecule has 0 saturated carbocycles. The zero-order chi connectivity index (χ0) is 12.6. The van der Waals surface area contributed by atoms with Crippen LogP contribution in [0.3, 0.4) is 0 Å². The topological polar surface area (TPSA) is 83.6 Å². The second kappa shape index (κ2) is 4.38. The summed E-state index contributed by atoms with van der Waals surface area (Å²) in [5.74, 6) is -0.193. The van der Waals surface area contributed by atoms with Crippen LogP contribution in [0.1, 0.15) is 19.3 Å². The standard InChI is InChI=1S/C10H16N2O4S/c1-12-9(13)5-8(10(12)14)11-7-3-2-4-17(15,16)6-7/h7-8,11H,2-6H2,1H3. The molecule has 2 heterocycles. The molecule has 0 aromatic rings. The normalized spacial score (nSPS) is 33.1. The summed E-state index contributed by atoms with van der Waals surface area (Å²) < 4.78 is 22.9. The number of amides is 2. The lowest BCUT2D eigenvalue weighted by molar-refractivity contribution is -0.137. The largest absolute Gasteiger partial charge is 0.302 e. The highest BCUT2D eigenvalue weighted by Crippen LogP contribution is 2.16. The molecule has 17 heavy (non-hydrogen) atoms. The van der Waals surface area contributed by atoms with E-state index in [4.69, 9.17) is 0 Å². The smallest absolute Gasteiger partial charge is 0.246 e. The number of rotatable bonds is 2. The van der Waals surface area contributed by atoms with Gasteiger partial charge in [-0.3, -0.25) is 14.5 Å². The predicted molar refractivity (Wildman–Crippen MR) is 61.0 cm³/mol. The number of imide groups is 1. The Kier molecular flexibility index (Phi) is 3.22. The average molecular weight is 260 g/mol. The molecule has 6 nitrogen and oxygen atoms in total. The number of sulfone groups is 1. The van der Waals surface area contributed by atoms with Crippen molar-refractivity contribution in [2.75, 3.05) is 18.6 Å². The Balaban J connectivity index is 1.98. The van der Waals surface area contributed by atoms with Crippen molar-refractivity contribution in [1.29, 1.82) is 0 Å². The summed E-state index contributed by atoms with van der Waals surface area (Å²) in [6.45, 7) is 0. The summed E-state index contributed by atoms with van der Waals surface area (Å²) in [6.07, 6.45) is 1.48. The Hall–Kier alpha value is -0.950. The lowest BCUT2D eigenvalue weighted by atomic mass is 10.1. The fourth-order valence-electron chi connectivity index (χ4n) is 2.32. The Bertz CT molecular complexity index is 445. The average Bonchev–Trinajstić information content (AvgIpc) is 2.45. The molecule has 2 atom stereocenters. The quantitative estimate of drug-likeness (QED) is 0.638. The van der Waals surface area contributed by atoms with Crippen molar-refractivity contribution in [2.24, 2.45) is 0 Å². The number of carbonyl (C=O) groups excluding carboxylic acids is 2. The monoisotopic (exact) mass is 260 g/mol. The molecule has 0 spiro atoms. The zero-order valence-corrected chi connectivity index (χ0v) is 10.5. The van der Waals surface area contributed by atoms with Gasteiger partial charge in [-0.25, -0.2) is 8.42 Å². The van der Waals surface area contributed by atoms with Crippen LogP contribution in [0.25, 0.3) is 0 Å². The van der Waals surface area contributed by atoms with Gasteiger partial charge in [-0.1, -0.05) is 0 Å². The third-order valence-electron chi connectivity index (χ3n) is 3.28. The molecular weight excluding hydrogens is 244 g/mol. The van der Waals surface area contributed by atoms with E-state index in [2.05, 4.69) is 5.32 Å². The van der Waals surface area contributed by atoms with Crippen LogP contribution >= 0.6 is 0 Å². The van der Waals surface area contributed by atoms with E-state index < -0.39 is 15.9 Å². The van der Waals surface area contributed by atoms with E-state index in [1.165, 1.54) is 7.05 Å². The van der Waals surface area contributed by atoms with Crippen molar-refractivity contribution in [3.8, 4) is 0 Å². The van der Waals surface area contributed by atoms with E-state index in [1.807, 2.05) is 0 Å². The third kappa shape index (κ3) is 2.66. The van der Waals surface area contributed by atoms with E-state index >= 15 is 0 Å². The fraction of sp³-hybridized carbons (Fsp3) is 0.800. The minimum Gasteiger partial charge on any atom is -0.302 e. The minimum atomic E-state index is -2.99. The number of hydrogen-bond donors (Lipinski definition) is 1. The van der Waals surface area contributed by atoms with Crippen LogP contribution in [0.5, 0.6) is 0 Å². The Morgan fingerprint density at radius 2 is 2.06 bits per heavy atom. The van der Waals surface area contributed by atoms with Gasteiger partial charge in [0, 0.05) is 13.1 Å². The number of hydrogen-bond acceptors (Lipinski definition) is 5. The molecule has 1 N–H and O–H groups in total. The molecule has 2 aliphatic heterocycles. The molecule has 2 amide bonds. The molecular formula is C10H16N2O4S. The SMILES string of the molecule is CN1C(=O)CC(NC2CCCS(=O)(=O)C2)C1=O. The van der Waals surface area contributed by atoms with Gasteiger partial charge in [-0.05, 0) is 12.8 Å². The van der Waals surface area contributed by atoms with Crippen LogP contribution in [-0.2, 0) is 19.4 Å². The van der Waals surface area contributed by atoms with E-state index in [0.717, 1.165) is 11.3 Å². The van der Waals surface area contributed by atoms with Gasteiger partial charge >= 0.3 is 0 Å². The second-order valence-corrected chi connectivity index (χ2v) is 6.90. The van der Waals surface area contributed by atoms with Crippen molar-refractivity contribution in [1.82, 2.24) is 10.2 Å². The van der Waals surface area contributed by atoms with Gasteiger partial charge in [-0.2, -0.15) is 0 Å². The van der Waals surface area contributed by atoms with E-state index in [9.17, 15) is 18.0 Å². The van der Waals surface area contributed by atoms with Gasteiger partial charge in [-0.15, -0.1) is 0 Å². The molecule has 0 radical (unpaired) electrons. The van der Waals surface area contributed by atoms with E-state index in [1.54, 1.807) is 0 Å². The summed E-state index contributed by atoms with van der Waals surface area (Å²) >= 11 is 0. The Morgan fingerprint density at radius 1 is 1.35 bits per heavy atom. The van der Waals surface area contributed by atoms with Gasteiger partial charge < -0.3 is 5.32 Å². The molecule has 0 aromatic carbocycles. The minimum absolute atomic E-state index is 0.0642. The summed E-state index contributed by atoms with van der Waals surface area (Å²) in [7, 11) is -1.54. The Morgan fingerprint density at radius 3 is 2.59 bits per heavy atom. The van der Waals surface area contributed by atoms with Crippen molar-refractivity contribution in [2.45, 2.75) is 31.3 Å². The molecule has 2 aliphatic rings. The van der Waals surface area contributed by atoms with Crippen LogP contribution in [0.2, 0.25) is 0 Å². The van der Waals surface area contributed by atoms with Gasteiger partial charge in [0.1, 0.15) is 0 Å². The molecule has 0 bridgehead atoms. The van der Waals surface area contributed by atoms with Crippen molar-refractivity contribution in [3.63, 3.8) is 0 Å². The van der Waals surface area contributed by atoms with Crippen LogP contribution < -0.4 is 5.32 Å². The van der Waals surface area contributed by atoms with Crippen molar-refractivity contribution in [3.05, 3.63) is 0 Å². The predicted octanol–water partition coefficient (Wildman–Crippen LogP) is -1.09. The van der Waals surface area contributed by atoms with Gasteiger partial charge in [0.25, 0.3) is 0 Å². The molecule has 2 rings (SSSR count). The first kappa shape index (κ1) is 12.5. The first-order valence-electron chi connectivity index (χ1n) is 5.66. The van der Waals surface area contributed by atoms with Gasteiger partial charge in [0.15, 0.2) is 9.84 Å². The number of likely N-dealkylation sites (tertiary alicyclic amines) is 1. The molecule has 0 aliphatic carbocycles. The molecule has 0 aromatic heterocycles. The maximum Gasteiger partial charge on any atom is 0.246 e. The van der Waals surface area contributed by atoms with Crippen molar-refractivity contribution < 1.29 is 18.0 Å². The van der Waals surface area contributed by atoms with Crippen molar-refractivity contribution >= 4 is 21.7 Å². The van der Waals surface area contributed by atoms with Gasteiger partial charge in [0.05, 0.1) is 24.0 Å². The van der Waals surface area contributed by atoms with Crippen LogP contribution in [-0.4, -0.2) is 55.8 Å². The summed E-state index contributed by atoms with van der Waals surface area (Å²) in [4.78, 5) is 24.0. The Labute approximate surface area is 100 Å². The third-order valence-corrected chi connectivity index (χ3v) is 5.10. The lowest BCUT2D eigenvalue weighted by Gasteiger charge is -2.25. The lowest BCUT2D eigenvalue weighted by Crippen LogP contribution is -2.48. The number of nitrogens with one attached hydrogen (secondary N) is 1. The number of nitrogens with zero attached hydrogens (tertiary/aromatic N) is 1. The summed E-state index contributed by atoms with van der Waals surface area (Å²) in [5.41, 5.74) is 0. The van der Waals surface area contributed by atoms with Crippen LogP contribution in [0.15, 0.2) is 0 Å². The molecule has 2 saturated heterocycles. The number of carbonyl (C=O) groups is 2. The fourth-order valence-corrected chi connectivity index (χ4v) is 3.97. The van der Waals surface area contributed by atoms with Crippen LogP contribution in [0, 0.1) is 0 Å². The summed E-state index contributed by atoms with van der Waals surface area (Å²) in [6, 6.07) is -0.757. The highest BCUT2D eigenvalue weighted by Gasteiger charge is 2.38. The highest BCUT2D eigenvalue weighted by molar-refractivity contribution is 7.91. The molecule has 96 valence electrons. The first-order chi connectivity index (χ1) is 7.89. The van der Waals surface area contributed by atoms with Crippen LogP contribution in [0.4, 0.5) is 0 Å². The van der Waals surface area contributed by atoms with E-state index in [0.29, 0.717) is 6.42 Å². The maximum absolute atomic E-state index is 11.6. The zero-order valence-electron chi connectivity index (χ0n) is 9.68. The molecule has 7 heteroatoms. The number of likely N-dealkylation sites (N-methyl/N-ethyl adjacent to an activating group) is 1. The maximum atomic E-state index is 11.6. The molecule has 2 fully saturated rings. The first-order valence-corrected chi connectivity index (χ1v) is 7.48. The summed E-state index contributed by atoms with van der Waals surface area (Å²) in [5, 5.41) is 2.99.